The Morgan fingerprint density at radius 3 is 2.93 bits per heavy atom. The summed E-state index contributed by atoms with van der Waals surface area (Å²) in [5.41, 5.74) is 0. The first-order chi connectivity index (χ1) is 6.68. The lowest BCUT2D eigenvalue weighted by atomic mass is 10.4. The monoisotopic (exact) mass is 244 g/mol. The molecule has 0 fully saturated rings. The lowest BCUT2D eigenvalue weighted by Crippen LogP contribution is -1.90. The Balaban J connectivity index is 2.57. The van der Waals surface area contributed by atoms with Gasteiger partial charge in [0.25, 0.3) is 0 Å². The summed E-state index contributed by atoms with van der Waals surface area (Å²) in [5.74, 6) is 0. The predicted molar refractivity (Wildman–Crippen MR) is 63.4 cm³/mol. The van der Waals surface area contributed by atoms with Crippen molar-refractivity contribution in [2.75, 3.05) is 0 Å². The van der Waals surface area contributed by atoms with Crippen LogP contribution in [0.4, 0.5) is 0 Å². The van der Waals surface area contributed by atoms with Crippen molar-refractivity contribution in [3.8, 4) is 0 Å². The molecule has 2 heterocycles. The van der Waals surface area contributed by atoms with Gasteiger partial charge < -0.3 is 0 Å². The molecule has 0 radical (unpaired) electrons. The Kier molecular flexibility index (Phi) is 2.95. The van der Waals surface area contributed by atoms with E-state index in [-0.39, 0.29) is 0 Å². The first-order valence-electron chi connectivity index (χ1n) is 4.23. The van der Waals surface area contributed by atoms with Gasteiger partial charge in [-0.3, -0.25) is 0 Å². The standard InChI is InChI=1S/C9H9ClN2S2/c1-5(2)14-9-7-6(10)3-13-8(7)11-4-12-9/h3-5H,1-2H3. The fourth-order valence-corrected chi connectivity index (χ4v) is 3.26. The van der Waals surface area contributed by atoms with Gasteiger partial charge >= 0.3 is 0 Å². The van der Waals surface area contributed by atoms with Crippen molar-refractivity contribution < 1.29 is 0 Å². The third kappa shape index (κ3) is 1.87. The Morgan fingerprint density at radius 1 is 1.43 bits per heavy atom. The normalized spacial score (nSPS) is 11.4. The van der Waals surface area contributed by atoms with Crippen LogP contribution >= 0.6 is 34.7 Å². The molecule has 2 aromatic rings. The molecule has 0 saturated carbocycles. The average molecular weight is 245 g/mol. The van der Waals surface area contributed by atoms with Gasteiger partial charge in [-0.15, -0.1) is 23.1 Å². The van der Waals surface area contributed by atoms with Crippen LogP contribution < -0.4 is 0 Å². The molecule has 5 heteroatoms. The topological polar surface area (TPSA) is 25.8 Å². The number of thioether (sulfide) groups is 1. The maximum atomic E-state index is 6.08. The number of halogens is 1. The van der Waals surface area contributed by atoms with Gasteiger partial charge in [0.2, 0.25) is 0 Å². The minimum Gasteiger partial charge on any atom is -0.229 e. The van der Waals surface area contributed by atoms with Crippen LogP contribution in [-0.2, 0) is 0 Å². The molecule has 0 spiro atoms. The van der Waals surface area contributed by atoms with Gasteiger partial charge in [0.1, 0.15) is 16.2 Å². The van der Waals surface area contributed by atoms with E-state index in [1.165, 1.54) is 0 Å². The largest absolute Gasteiger partial charge is 0.229 e. The number of thiophene rings is 1. The third-order valence-corrected chi connectivity index (χ3v) is 3.96. The highest BCUT2D eigenvalue weighted by Gasteiger charge is 2.11. The van der Waals surface area contributed by atoms with Crippen LogP contribution in [0.3, 0.4) is 0 Å². The zero-order valence-electron chi connectivity index (χ0n) is 7.82. The van der Waals surface area contributed by atoms with Crippen LogP contribution in [0.2, 0.25) is 5.02 Å². The van der Waals surface area contributed by atoms with E-state index >= 15 is 0 Å². The summed E-state index contributed by atoms with van der Waals surface area (Å²) in [5, 5.41) is 5.15. The van der Waals surface area contributed by atoms with Gasteiger partial charge in [0.15, 0.2) is 0 Å². The Bertz CT molecular complexity index is 453. The molecule has 0 aromatic carbocycles. The molecule has 0 saturated heterocycles. The SMILES string of the molecule is CC(C)Sc1ncnc2scc(Cl)c12. The molecule has 0 amide bonds. The van der Waals surface area contributed by atoms with Crippen LogP contribution in [0.5, 0.6) is 0 Å². The summed E-state index contributed by atoms with van der Waals surface area (Å²) >= 11 is 9.35. The van der Waals surface area contributed by atoms with E-state index in [0.717, 1.165) is 20.3 Å². The maximum Gasteiger partial charge on any atom is 0.129 e. The maximum absolute atomic E-state index is 6.08. The van der Waals surface area contributed by atoms with Crippen LogP contribution in [0.1, 0.15) is 13.8 Å². The summed E-state index contributed by atoms with van der Waals surface area (Å²) in [7, 11) is 0. The molecule has 0 aliphatic rings. The summed E-state index contributed by atoms with van der Waals surface area (Å²) in [6.45, 7) is 4.28. The fourth-order valence-electron chi connectivity index (χ4n) is 1.13. The Morgan fingerprint density at radius 2 is 2.21 bits per heavy atom. The van der Waals surface area contributed by atoms with Gasteiger partial charge in [0, 0.05) is 10.6 Å². The molecule has 2 aromatic heterocycles. The lowest BCUT2D eigenvalue weighted by Gasteiger charge is -2.04. The first kappa shape index (κ1) is 10.2. The average Bonchev–Trinajstić information content (AvgIpc) is 2.48. The van der Waals surface area contributed by atoms with Crippen molar-refractivity contribution in [1.82, 2.24) is 9.97 Å². The predicted octanol–water partition coefficient (Wildman–Crippen LogP) is 3.85. The summed E-state index contributed by atoms with van der Waals surface area (Å²) in [6, 6.07) is 0. The van der Waals surface area contributed by atoms with Gasteiger partial charge in [-0.2, -0.15) is 0 Å². The summed E-state index contributed by atoms with van der Waals surface area (Å²) in [6.07, 6.45) is 1.60. The number of fused-ring (bicyclic) bond motifs is 1. The molecular formula is C9H9ClN2S2. The molecule has 0 aliphatic heterocycles. The first-order valence-corrected chi connectivity index (χ1v) is 6.36. The minimum absolute atomic E-state index is 0.504. The number of hydrogen-bond acceptors (Lipinski definition) is 4. The third-order valence-electron chi connectivity index (χ3n) is 1.64. The second-order valence-electron chi connectivity index (χ2n) is 3.11. The molecule has 2 rings (SSSR count). The fraction of sp³-hybridized carbons (Fsp3) is 0.333. The number of rotatable bonds is 2. The highest BCUT2D eigenvalue weighted by Crippen LogP contribution is 2.35. The summed E-state index contributed by atoms with van der Waals surface area (Å²) < 4.78 is 0. The lowest BCUT2D eigenvalue weighted by molar-refractivity contribution is 1.07. The molecule has 0 bridgehead atoms. The molecule has 0 atom stereocenters. The van der Waals surface area contributed by atoms with Crippen LogP contribution in [-0.4, -0.2) is 15.2 Å². The number of aromatic nitrogens is 2. The van der Waals surface area contributed by atoms with E-state index in [1.807, 2.05) is 5.38 Å². The zero-order valence-corrected chi connectivity index (χ0v) is 10.2. The number of hydrogen-bond donors (Lipinski definition) is 0. The minimum atomic E-state index is 0.504. The Hall–Kier alpha value is -0.320. The van der Waals surface area contributed by atoms with E-state index in [4.69, 9.17) is 11.6 Å². The molecular weight excluding hydrogens is 236 g/mol. The van der Waals surface area contributed by atoms with E-state index < -0.39 is 0 Å². The highest BCUT2D eigenvalue weighted by molar-refractivity contribution is 8.00. The molecule has 0 N–H and O–H groups in total. The van der Waals surface area contributed by atoms with Crippen molar-refractivity contribution in [2.24, 2.45) is 0 Å². The van der Waals surface area contributed by atoms with Gasteiger partial charge in [0.05, 0.1) is 10.4 Å². The smallest absolute Gasteiger partial charge is 0.129 e. The van der Waals surface area contributed by atoms with Crippen molar-refractivity contribution in [1.29, 1.82) is 0 Å². The molecule has 0 unspecified atom stereocenters. The van der Waals surface area contributed by atoms with Crippen molar-refractivity contribution in [3.63, 3.8) is 0 Å². The molecule has 0 aliphatic carbocycles. The van der Waals surface area contributed by atoms with Gasteiger partial charge in [-0.25, -0.2) is 9.97 Å². The van der Waals surface area contributed by atoms with Crippen molar-refractivity contribution >= 4 is 44.9 Å². The molecule has 74 valence electrons. The van der Waals surface area contributed by atoms with E-state index in [1.54, 1.807) is 29.4 Å². The molecule has 14 heavy (non-hydrogen) atoms. The van der Waals surface area contributed by atoms with E-state index in [9.17, 15) is 0 Å². The van der Waals surface area contributed by atoms with Crippen molar-refractivity contribution in [3.05, 3.63) is 16.7 Å². The molecule has 2 nitrogen and oxygen atoms in total. The van der Waals surface area contributed by atoms with Crippen LogP contribution in [0.25, 0.3) is 10.2 Å². The van der Waals surface area contributed by atoms with Crippen LogP contribution in [0, 0.1) is 0 Å². The Labute approximate surface area is 95.7 Å². The van der Waals surface area contributed by atoms with E-state index in [0.29, 0.717) is 5.25 Å². The second kappa shape index (κ2) is 4.04. The zero-order chi connectivity index (χ0) is 10.1. The second-order valence-corrected chi connectivity index (χ2v) is 5.94. The van der Waals surface area contributed by atoms with Gasteiger partial charge in [-0.05, 0) is 0 Å². The van der Waals surface area contributed by atoms with Gasteiger partial charge in [-0.1, -0.05) is 25.4 Å². The van der Waals surface area contributed by atoms with Crippen LogP contribution in [0.15, 0.2) is 16.7 Å². The van der Waals surface area contributed by atoms with E-state index in [2.05, 4.69) is 23.8 Å². The quantitative estimate of drug-likeness (QED) is 0.593. The number of nitrogens with zero attached hydrogens (tertiary/aromatic N) is 2. The highest BCUT2D eigenvalue weighted by atomic mass is 35.5. The summed E-state index contributed by atoms with van der Waals surface area (Å²) in [4.78, 5) is 9.40. The van der Waals surface area contributed by atoms with Crippen molar-refractivity contribution in [2.45, 2.75) is 24.1 Å².